The zero-order chi connectivity index (χ0) is 14.4. The molecule has 0 bridgehead atoms. The standard InChI is InChI=1S/C16H23NO3/c1-2-3-13-4-6-14(7-5-13)16(19)10-17-8-9-20-12-15(17)11-18/h4-7,15,18H,2-3,8-12H2,1H3. The van der Waals surface area contributed by atoms with Crippen LogP contribution < -0.4 is 0 Å². The summed E-state index contributed by atoms with van der Waals surface area (Å²) in [4.78, 5) is 14.3. The second kappa shape index (κ2) is 7.53. The quantitative estimate of drug-likeness (QED) is 0.801. The van der Waals surface area contributed by atoms with Crippen molar-refractivity contribution in [2.45, 2.75) is 25.8 Å². The van der Waals surface area contributed by atoms with Crippen molar-refractivity contribution < 1.29 is 14.6 Å². The molecule has 0 radical (unpaired) electrons. The van der Waals surface area contributed by atoms with Crippen LogP contribution in [0.4, 0.5) is 0 Å². The summed E-state index contributed by atoms with van der Waals surface area (Å²) in [5.41, 5.74) is 2.01. The van der Waals surface area contributed by atoms with E-state index in [1.54, 1.807) is 0 Å². The van der Waals surface area contributed by atoms with Gasteiger partial charge in [0.05, 0.1) is 32.4 Å². The van der Waals surface area contributed by atoms with E-state index in [0.29, 0.717) is 26.3 Å². The van der Waals surface area contributed by atoms with Crippen LogP contribution in [0.25, 0.3) is 0 Å². The highest BCUT2D eigenvalue weighted by Gasteiger charge is 2.24. The molecule has 1 aliphatic rings. The van der Waals surface area contributed by atoms with Crippen LogP contribution >= 0.6 is 0 Å². The summed E-state index contributed by atoms with van der Waals surface area (Å²) in [5.74, 6) is 0.105. The number of morpholine rings is 1. The predicted octanol–water partition coefficient (Wildman–Crippen LogP) is 1.51. The Labute approximate surface area is 120 Å². The number of ether oxygens (including phenoxy) is 1. The van der Waals surface area contributed by atoms with Gasteiger partial charge >= 0.3 is 0 Å². The number of hydrogen-bond acceptors (Lipinski definition) is 4. The molecule has 1 N–H and O–H groups in total. The monoisotopic (exact) mass is 277 g/mol. The molecule has 1 atom stereocenters. The van der Waals surface area contributed by atoms with E-state index in [-0.39, 0.29) is 18.4 Å². The molecule has 1 fully saturated rings. The maximum Gasteiger partial charge on any atom is 0.176 e. The minimum atomic E-state index is -0.0629. The van der Waals surface area contributed by atoms with Crippen molar-refractivity contribution in [2.24, 2.45) is 0 Å². The van der Waals surface area contributed by atoms with E-state index in [9.17, 15) is 9.90 Å². The van der Waals surface area contributed by atoms with Gasteiger partial charge in [0.2, 0.25) is 0 Å². The molecular formula is C16H23NO3. The molecule has 1 saturated heterocycles. The highest BCUT2D eigenvalue weighted by Crippen LogP contribution is 2.11. The fourth-order valence-corrected chi connectivity index (χ4v) is 2.49. The van der Waals surface area contributed by atoms with E-state index in [2.05, 4.69) is 6.92 Å². The molecule has 2 rings (SSSR count). The van der Waals surface area contributed by atoms with E-state index in [1.165, 1.54) is 5.56 Å². The number of aryl methyl sites for hydroxylation is 1. The van der Waals surface area contributed by atoms with E-state index in [1.807, 2.05) is 29.2 Å². The maximum atomic E-state index is 12.3. The second-order valence-electron chi connectivity index (χ2n) is 5.25. The summed E-state index contributed by atoms with van der Waals surface area (Å²) in [6, 6.07) is 7.80. The lowest BCUT2D eigenvalue weighted by molar-refractivity contribution is -0.0240. The van der Waals surface area contributed by atoms with Crippen LogP contribution in [0, 0.1) is 0 Å². The molecule has 1 aromatic carbocycles. The average Bonchev–Trinajstić information content (AvgIpc) is 2.49. The third-order valence-electron chi connectivity index (χ3n) is 3.72. The van der Waals surface area contributed by atoms with Crippen molar-refractivity contribution in [1.29, 1.82) is 0 Å². The number of nitrogens with zero attached hydrogens (tertiary/aromatic N) is 1. The first-order valence-corrected chi connectivity index (χ1v) is 7.29. The van der Waals surface area contributed by atoms with Crippen LogP contribution in [0.5, 0.6) is 0 Å². The first-order valence-electron chi connectivity index (χ1n) is 7.29. The molecule has 0 spiro atoms. The number of benzene rings is 1. The van der Waals surface area contributed by atoms with Crippen molar-refractivity contribution >= 4 is 5.78 Å². The minimum absolute atomic E-state index is 0.0305. The number of carbonyl (C=O) groups is 1. The number of carbonyl (C=O) groups excluding carboxylic acids is 1. The molecule has 1 aliphatic heterocycles. The summed E-state index contributed by atoms with van der Waals surface area (Å²) in [6.45, 7) is 4.35. The fourth-order valence-electron chi connectivity index (χ4n) is 2.49. The lowest BCUT2D eigenvalue weighted by Gasteiger charge is -2.33. The third-order valence-corrected chi connectivity index (χ3v) is 3.72. The van der Waals surface area contributed by atoms with Gasteiger partial charge in [0.1, 0.15) is 0 Å². The number of aliphatic hydroxyl groups is 1. The highest BCUT2D eigenvalue weighted by molar-refractivity contribution is 5.97. The van der Waals surface area contributed by atoms with Gasteiger partial charge in [-0.1, -0.05) is 37.6 Å². The van der Waals surface area contributed by atoms with Crippen LogP contribution in [-0.2, 0) is 11.2 Å². The van der Waals surface area contributed by atoms with E-state index in [0.717, 1.165) is 18.4 Å². The molecule has 0 amide bonds. The van der Waals surface area contributed by atoms with E-state index < -0.39 is 0 Å². The number of rotatable bonds is 6. The van der Waals surface area contributed by atoms with Gasteiger partial charge in [-0.2, -0.15) is 0 Å². The van der Waals surface area contributed by atoms with Gasteiger partial charge < -0.3 is 9.84 Å². The topological polar surface area (TPSA) is 49.8 Å². The summed E-state index contributed by atoms with van der Waals surface area (Å²) >= 11 is 0. The molecule has 110 valence electrons. The SMILES string of the molecule is CCCc1ccc(C(=O)CN2CCOCC2CO)cc1. The normalized spacial score (nSPS) is 20.0. The molecular weight excluding hydrogens is 254 g/mol. The van der Waals surface area contributed by atoms with Gasteiger partial charge in [-0.3, -0.25) is 9.69 Å². The van der Waals surface area contributed by atoms with Crippen LogP contribution in [0.15, 0.2) is 24.3 Å². The summed E-state index contributed by atoms with van der Waals surface area (Å²) < 4.78 is 5.32. The number of ketones is 1. The first-order chi connectivity index (χ1) is 9.74. The Morgan fingerprint density at radius 3 is 2.80 bits per heavy atom. The van der Waals surface area contributed by atoms with Crippen molar-refractivity contribution in [3.8, 4) is 0 Å². The number of hydrogen-bond donors (Lipinski definition) is 1. The molecule has 1 aromatic rings. The smallest absolute Gasteiger partial charge is 0.176 e. The van der Waals surface area contributed by atoms with Crippen LogP contribution in [0.2, 0.25) is 0 Å². The third kappa shape index (κ3) is 3.88. The van der Waals surface area contributed by atoms with Crippen molar-refractivity contribution in [3.63, 3.8) is 0 Å². The molecule has 0 aliphatic carbocycles. The van der Waals surface area contributed by atoms with E-state index in [4.69, 9.17) is 4.74 Å². The summed E-state index contributed by atoms with van der Waals surface area (Å²) in [5, 5.41) is 9.31. The van der Waals surface area contributed by atoms with Crippen LogP contribution in [-0.4, -0.2) is 54.7 Å². The molecule has 0 aromatic heterocycles. The summed E-state index contributed by atoms with van der Waals surface area (Å²) in [6.07, 6.45) is 2.16. The Bertz CT molecular complexity index is 430. The lowest BCUT2D eigenvalue weighted by Crippen LogP contribution is -2.49. The molecule has 20 heavy (non-hydrogen) atoms. The van der Waals surface area contributed by atoms with Crippen LogP contribution in [0.1, 0.15) is 29.3 Å². The van der Waals surface area contributed by atoms with Gasteiger partial charge in [-0.15, -0.1) is 0 Å². The van der Waals surface area contributed by atoms with Gasteiger partial charge in [-0.25, -0.2) is 0 Å². The molecule has 1 unspecified atom stereocenters. The van der Waals surface area contributed by atoms with Crippen molar-refractivity contribution in [2.75, 3.05) is 32.9 Å². The maximum absolute atomic E-state index is 12.3. The summed E-state index contributed by atoms with van der Waals surface area (Å²) in [7, 11) is 0. The number of Topliss-reactive ketones (excluding diaryl/α,β-unsaturated/α-hetero) is 1. The van der Waals surface area contributed by atoms with Gasteiger partial charge in [0, 0.05) is 12.1 Å². The molecule has 4 nitrogen and oxygen atoms in total. The van der Waals surface area contributed by atoms with Crippen molar-refractivity contribution in [1.82, 2.24) is 4.90 Å². The Balaban J connectivity index is 1.96. The fraction of sp³-hybridized carbons (Fsp3) is 0.562. The Kier molecular flexibility index (Phi) is 5.71. The predicted molar refractivity (Wildman–Crippen MR) is 78.0 cm³/mol. The van der Waals surface area contributed by atoms with Gasteiger partial charge in [0.15, 0.2) is 5.78 Å². The zero-order valence-electron chi connectivity index (χ0n) is 12.0. The zero-order valence-corrected chi connectivity index (χ0v) is 12.0. The second-order valence-corrected chi connectivity index (χ2v) is 5.25. The van der Waals surface area contributed by atoms with Gasteiger partial charge in [0.25, 0.3) is 0 Å². The Morgan fingerprint density at radius 2 is 2.15 bits per heavy atom. The number of aliphatic hydroxyl groups excluding tert-OH is 1. The van der Waals surface area contributed by atoms with Gasteiger partial charge in [-0.05, 0) is 12.0 Å². The molecule has 4 heteroatoms. The Morgan fingerprint density at radius 1 is 1.40 bits per heavy atom. The highest BCUT2D eigenvalue weighted by atomic mass is 16.5. The van der Waals surface area contributed by atoms with Crippen molar-refractivity contribution in [3.05, 3.63) is 35.4 Å². The van der Waals surface area contributed by atoms with E-state index >= 15 is 0 Å². The average molecular weight is 277 g/mol. The molecule has 1 heterocycles. The Hall–Kier alpha value is -1.23. The minimum Gasteiger partial charge on any atom is -0.395 e. The molecule has 0 saturated carbocycles. The van der Waals surface area contributed by atoms with Crippen LogP contribution in [0.3, 0.4) is 0 Å². The lowest BCUT2D eigenvalue weighted by atomic mass is 10.0. The first kappa shape index (κ1) is 15.2. The largest absolute Gasteiger partial charge is 0.395 e.